The van der Waals surface area contributed by atoms with Crippen LogP contribution in [-0.2, 0) is 28.3 Å². The van der Waals surface area contributed by atoms with Crippen molar-refractivity contribution < 1.29 is 35.9 Å². The van der Waals surface area contributed by atoms with Gasteiger partial charge in [-0.05, 0) is 18.4 Å². The van der Waals surface area contributed by atoms with Gasteiger partial charge < -0.3 is 14.5 Å². The molecule has 2 atom stereocenters. The van der Waals surface area contributed by atoms with Crippen LogP contribution in [0.5, 0.6) is 0 Å². The number of hydrogen-bond acceptors (Lipinski definition) is 8. The number of halogens is 6. The number of H-pyrrole nitrogens is 1. The Kier molecular flexibility index (Phi) is 6.79. The number of alkyl halides is 6. The highest BCUT2D eigenvalue weighted by Crippen LogP contribution is 2.40. The lowest BCUT2D eigenvalue weighted by Gasteiger charge is -2.40. The van der Waals surface area contributed by atoms with Crippen LogP contribution in [-0.4, -0.2) is 87.9 Å². The number of rotatable bonds is 3. The van der Waals surface area contributed by atoms with E-state index in [1.165, 1.54) is 0 Å². The number of fused-ring (bicyclic) bond motifs is 1. The van der Waals surface area contributed by atoms with Gasteiger partial charge in [-0.1, -0.05) is 0 Å². The Morgan fingerprint density at radius 2 is 1.68 bits per heavy atom. The van der Waals surface area contributed by atoms with Crippen LogP contribution in [0.4, 0.5) is 32.3 Å². The smallest absolute Gasteiger partial charge is 0.366 e. The number of aromatic nitrogens is 4. The summed E-state index contributed by atoms with van der Waals surface area (Å²) in [6, 6.07) is -0.490. The zero-order valence-corrected chi connectivity index (χ0v) is 19.8. The predicted molar refractivity (Wildman–Crippen MR) is 118 cm³/mol. The first-order valence-corrected chi connectivity index (χ1v) is 11.9. The normalized spacial score (nSPS) is 23.0. The summed E-state index contributed by atoms with van der Waals surface area (Å²) < 4.78 is 84.3. The van der Waals surface area contributed by atoms with Crippen LogP contribution in [0.2, 0.25) is 0 Å². The van der Waals surface area contributed by atoms with Crippen LogP contribution >= 0.6 is 0 Å². The molecule has 0 aromatic carbocycles. The minimum Gasteiger partial charge on any atom is -0.366 e. The van der Waals surface area contributed by atoms with Gasteiger partial charge in [-0.3, -0.25) is 14.5 Å². The first kappa shape index (κ1) is 26.3. The molecule has 2 aromatic heterocycles. The van der Waals surface area contributed by atoms with E-state index in [-0.39, 0.29) is 55.8 Å². The van der Waals surface area contributed by atoms with Crippen LogP contribution in [0.3, 0.4) is 0 Å². The SMILES string of the molecule is O=C([C@@H]1CN(C2CCc3c2n[nH]c(=O)c3C(F)(F)F)CCO1)N1CCN(c2ncc(C(F)(F)F)cn2)CC1. The topological polar surface area (TPSA) is 108 Å². The minimum absolute atomic E-state index is 0.0513. The van der Waals surface area contributed by atoms with Crippen molar-refractivity contribution in [2.45, 2.75) is 37.3 Å². The predicted octanol–water partition coefficient (Wildman–Crippen LogP) is 1.63. The molecule has 38 heavy (non-hydrogen) atoms. The monoisotopic (exact) mass is 547 g/mol. The summed E-state index contributed by atoms with van der Waals surface area (Å²) in [4.78, 5) is 37.7. The molecule has 3 aliphatic rings. The molecule has 5 rings (SSSR count). The second-order valence-electron chi connectivity index (χ2n) is 9.28. The van der Waals surface area contributed by atoms with Crippen molar-refractivity contribution in [1.82, 2.24) is 30.0 Å². The molecule has 2 aromatic rings. The van der Waals surface area contributed by atoms with E-state index >= 15 is 0 Å². The second-order valence-corrected chi connectivity index (χ2v) is 9.28. The molecule has 2 aliphatic heterocycles. The lowest BCUT2D eigenvalue weighted by molar-refractivity contribution is -0.151. The number of carbonyl (C=O) groups is 1. The van der Waals surface area contributed by atoms with E-state index in [1.807, 2.05) is 10.00 Å². The summed E-state index contributed by atoms with van der Waals surface area (Å²) in [6.45, 7) is 1.88. The molecule has 16 heteroatoms. The Labute approximate surface area is 211 Å². The summed E-state index contributed by atoms with van der Waals surface area (Å²) in [5.41, 5.74) is -3.39. The van der Waals surface area contributed by atoms with Gasteiger partial charge in [0.05, 0.1) is 23.9 Å². The van der Waals surface area contributed by atoms with Gasteiger partial charge in [0.2, 0.25) is 5.95 Å². The first-order chi connectivity index (χ1) is 17.9. The molecule has 0 radical (unpaired) electrons. The molecule has 0 saturated carbocycles. The third-order valence-corrected chi connectivity index (χ3v) is 7.04. The van der Waals surface area contributed by atoms with E-state index < -0.39 is 41.2 Å². The number of ether oxygens (including phenoxy) is 1. The van der Waals surface area contributed by atoms with Crippen molar-refractivity contribution in [2.75, 3.05) is 50.8 Å². The van der Waals surface area contributed by atoms with Crippen molar-refractivity contribution in [2.24, 2.45) is 0 Å². The van der Waals surface area contributed by atoms with Gasteiger partial charge in [0, 0.05) is 51.7 Å². The molecule has 2 saturated heterocycles. The lowest BCUT2D eigenvalue weighted by atomic mass is 10.1. The van der Waals surface area contributed by atoms with Crippen LogP contribution in [0, 0.1) is 0 Å². The fraction of sp³-hybridized carbons (Fsp3) is 0.591. The van der Waals surface area contributed by atoms with Crippen LogP contribution in [0.15, 0.2) is 17.2 Å². The van der Waals surface area contributed by atoms with E-state index in [4.69, 9.17) is 4.74 Å². The summed E-state index contributed by atoms with van der Waals surface area (Å²) in [7, 11) is 0. The van der Waals surface area contributed by atoms with E-state index in [0.717, 1.165) is 0 Å². The van der Waals surface area contributed by atoms with Crippen LogP contribution in [0.25, 0.3) is 0 Å². The number of anilines is 1. The third kappa shape index (κ3) is 5.06. The zero-order valence-electron chi connectivity index (χ0n) is 19.8. The maximum atomic E-state index is 13.5. The van der Waals surface area contributed by atoms with Gasteiger partial charge in [-0.15, -0.1) is 0 Å². The fourth-order valence-electron chi connectivity index (χ4n) is 5.16. The van der Waals surface area contributed by atoms with Crippen molar-refractivity contribution in [3.05, 3.63) is 45.1 Å². The van der Waals surface area contributed by atoms with Gasteiger partial charge in [0.25, 0.3) is 11.5 Å². The highest BCUT2D eigenvalue weighted by Gasteiger charge is 2.44. The molecule has 206 valence electrons. The van der Waals surface area contributed by atoms with Crippen LogP contribution < -0.4 is 10.5 Å². The number of nitrogens with zero attached hydrogens (tertiary/aromatic N) is 6. The second kappa shape index (κ2) is 9.80. The zero-order chi connectivity index (χ0) is 27.2. The van der Waals surface area contributed by atoms with Gasteiger partial charge in [-0.2, -0.15) is 31.4 Å². The molecule has 1 aliphatic carbocycles. The molecule has 1 N–H and O–H groups in total. The summed E-state index contributed by atoms with van der Waals surface area (Å²) in [5, 5.41) is 5.87. The fourth-order valence-corrected chi connectivity index (χ4v) is 5.16. The minimum atomic E-state index is -4.80. The van der Waals surface area contributed by atoms with E-state index in [9.17, 15) is 35.9 Å². The number of amides is 1. The Balaban J connectivity index is 1.21. The van der Waals surface area contributed by atoms with Gasteiger partial charge in [-0.25, -0.2) is 15.1 Å². The Hall–Kier alpha value is -3.27. The number of aromatic amines is 1. The molecule has 10 nitrogen and oxygen atoms in total. The van der Waals surface area contributed by atoms with Crippen molar-refractivity contribution in [3.63, 3.8) is 0 Å². The summed E-state index contributed by atoms with van der Waals surface area (Å²) in [5.74, 6) is -0.153. The van der Waals surface area contributed by atoms with Gasteiger partial charge >= 0.3 is 12.4 Å². The molecule has 1 amide bonds. The Bertz CT molecular complexity index is 1240. The van der Waals surface area contributed by atoms with Crippen LogP contribution in [0.1, 0.15) is 34.8 Å². The maximum absolute atomic E-state index is 13.5. The molecule has 1 unspecified atom stereocenters. The Morgan fingerprint density at radius 3 is 2.32 bits per heavy atom. The molecule has 0 bridgehead atoms. The number of carbonyl (C=O) groups excluding carboxylic acids is 1. The summed E-state index contributed by atoms with van der Waals surface area (Å²) in [6.07, 6.45) is -8.36. The number of nitrogens with one attached hydrogen (secondary N) is 1. The lowest BCUT2D eigenvalue weighted by Crippen LogP contribution is -2.56. The molecule has 2 fully saturated rings. The number of hydrogen-bond donors (Lipinski definition) is 1. The van der Waals surface area contributed by atoms with Gasteiger partial charge in [0.15, 0.2) is 0 Å². The van der Waals surface area contributed by atoms with Crippen molar-refractivity contribution in [1.29, 1.82) is 0 Å². The van der Waals surface area contributed by atoms with Gasteiger partial charge in [0.1, 0.15) is 11.7 Å². The quantitative estimate of drug-likeness (QED) is 0.579. The molecule has 4 heterocycles. The molecular weight excluding hydrogens is 524 g/mol. The highest BCUT2D eigenvalue weighted by atomic mass is 19.4. The highest BCUT2D eigenvalue weighted by molar-refractivity contribution is 5.81. The summed E-state index contributed by atoms with van der Waals surface area (Å²) >= 11 is 0. The van der Waals surface area contributed by atoms with E-state index in [2.05, 4.69) is 15.1 Å². The number of morpholine rings is 1. The average molecular weight is 547 g/mol. The molecule has 0 spiro atoms. The third-order valence-electron chi connectivity index (χ3n) is 7.04. The molecular formula is C22H23F6N7O3. The standard InChI is InChI=1S/C22H23F6N7O3/c23-21(24,25)12-9-29-20(30-10-12)34-5-3-33(4-6-34)19(37)15-11-35(7-8-38-15)14-2-1-13-16(22(26,27)28)18(36)32-31-17(13)14/h9-10,14-15H,1-8,11H2,(H,32,36)/t14?,15-/m0/s1. The average Bonchev–Trinajstić information content (AvgIpc) is 3.31. The van der Waals surface area contributed by atoms with Crippen molar-refractivity contribution in [3.8, 4) is 0 Å². The first-order valence-electron chi connectivity index (χ1n) is 11.9. The largest absolute Gasteiger partial charge is 0.422 e. The van der Waals surface area contributed by atoms with E-state index in [0.29, 0.717) is 38.4 Å². The Morgan fingerprint density at radius 1 is 1.00 bits per heavy atom. The van der Waals surface area contributed by atoms with Crippen molar-refractivity contribution >= 4 is 11.9 Å². The number of piperazine rings is 1. The van der Waals surface area contributed by atoms with E-state index in [1.54, 1.807) is 9.80 Å². The maximum Gasteiger partial charge on any atom is 0.422 e.